The monoisotopic (exact) mass is 337 g/mol. The highest BCUT2D eigenvalue weighted by Gasteiger charge is 2.54. The zero-order valence-corrected chi connectivity index (χ0v) is 15.2. The number of carbonyl (C=O) groups excluding carboxylic acids is 1. The molecule has 5 heteroatoms. The maximum absolute atomic E-state index is 12.4. The molecule has 24 heavy (non-hydrogen) atoms. The number of fused-ring (bicyclic) bond motifs is 2. The van der Waals surface area contributed by atoms with Crippen LogP contribution in [-0.2, 0) is 19.0 Å². The predicted octanol–water partition coefficient (Wildman–Crippen LogP) is 2.51. The van der Waals surface area contributed by atoms with Gasteiger partial charge in [0.25, 0.3) is 0 Å². The van der Waals surface area contributed by atoms with E-state index in [4.69, 9.17) is 14.2 Å². The van der Waals surface area contributed by atoms with Crippen LogP contribution in [0.1, 0.15) is 39.0 Å². The Hall–Kier alpha value is -0.910. The molecule has 5 nitrogen and oxygen atoms in total. The van der Waals surface area contributed by atoms with Crippen molar-refractivity contribution in [3.63, 3.8) is 0 Å². The maximum Gasteiger partial charge on any atom is 0.310 e. The third-order valence-corrected chi connectivity index (χ3v) is 6.52. The summed E-state index contributed by atoms with van der Waals surface area (Å²) in [5, 5.41) is 3.31. The summed E-state index contributed by atoms with van der Waals surface area (Å²) in [4.78, 5) is 12.4. The number of esters is 1. The average molecular weight is 337 g/mol. The topological polar surface area (TPSA) is 56.8 Å². The number of ether oxygens (including phenoxy) is 3. The fourth-order valence-electron chi connectivity index (χ4n) is 5.11. The van der Waals surface area contributed by atoms with Gasteiger partial charge in [-0.3, -0.25) is 4.79 Å². The first kappa shape index (κ1) is 17.9. The number of nitrogens with one attached hydrogen (secondary N) is 1. The summed E-state index contributed by atoms with van der Waals surface area (Å²) < 4.78 is 16.1. The van der Waals surface area contributed by atoms with Gasteiger partial charge in [0, 0.05) is 33.2 Å². The normalized spacial score (nSPS) is 38.8. The highest BCUT2D eigenvalue weighted by molar-refractivity contribution is 5.75. The van der Waals surface area contributed by atoms with Crippen molar-refractivity contribution in [2.24, 2.45) is 23.2 Å². The van der Waals surface area contributed by atoms with Gasteiger partial charge >= 0.3 is 5.97 Å². The van der Waals surface area contributed by atoms with Crippen LogP contribution in [0.2, 0.25) is 0 Å². The molecular formula is C19H31NO4. The molecule has 3 fully saturated rings. The summed E-state index contributed by atoms with van der Waals surface area (Å²) >= 11 is 0. The molecule has 2 saturated carbocycles. The van der Waals surface area contributed by atoms with Crippen LogP contribution in [0, 0.1) is 23.2 Å². The van der Waals surface area contributed by atoms with Crippen LogP contribution in [0.25, 0.3) is 0 Å². The molecule has 0 bridgehead atoms. The third kappa shape index (κ3) is 3.26. The van der Waals surface area contributed by atoms with E-state index >= 15 is 0 Å². The fraction of sp³-hybridized carbons (Fsp3) is 0.842. The first-order chi connectivity index (χ1) is 11.5. The smallest absolute Gasteiger partial charge is 0.310 e. The van der Waals surface area contributed by atoms with Crippen molar-refractivity contribution < 1.29 is 19.0 Å². The van der Waals surface area contributed by atoms with Gasteiger partial charge in [0.05, 0.1) is 5.92 Å². The zero-order chi connectivity index (χ0) is 17.3. The summed E-state index contributed by atoms with van der Waals surface area (Å²) in [5.41, 5.74) is 1.64. The average Bonchev–Trinajstić information content (AvgIpc) is 2.84. The van der Waals surface area contributed by atoms with Gasteiger partial charge in [-0.05, 0) is 43.4 Å². The van der Waals surface area contributed by atoms with Crippen LogP contribution in [-0.4, -0.2) is 45.7 Å². The van der Waals surface area contributed by atoms with E-state index in [0.717, 1.165) is 19.3 Å². The Morgan fingerprint density at radius 2 is 2.17 bits per heavy atom. The van der Waals surface area contributed by atoms with Crippen LogP contribution in [0.3, 0.4) is 0 Å². The molecule has 0 radical (unpaired) electrons. The van der Waals surface area contributed by atoms with Crippen LogP contribution in [0.15, 0.2) is 12.2 Å². The van der Waals surface area contributed by atoms with Crippen LogP contribution >= 0.6 is 0 Å². The van der Waals surface area contributed by atoms with E-state index in [1.54, 1.807) is 14.2 Å². The van der Waals surface area contributed by atoms with Gasteiger partial charge in [0.15, 0.2) is 6.29 Å². The minimum absolute atomic E-state index is 0.0447. The Morgan fingerprint density at radius 3 is 2.88 bits per heavy atom. The van der Waals surface area contributed by atoms with Crippen molar-refractivity contribution in [1.82, 2.24) is 5.32 Å². The Balaban J connectivity index is 1.64. The Bertz CT molecular complexity index is 490. The lowest BCUT2D eigenvalue weighted by Gasteiger charge is -2.50. The zero-order valence-electron chi connectivity index (χ0n) is 15.2. The fourth-order valence-corrected chi connectivity index (χ4v) is 5.11. The van der Waals surface area contributed by atoms with Crippen molar-refractivity contribution in [2.45, 2.75) is 51.4 Å². The molecule has 3 rings (SSSR count). The number of allylic oxidation sites excluding steroid dienone is 1. The first-order valence-corrected chi connectivity index (χ1v) is 9.13. The number of hydrogen-bond acceptors (Lipinski definition) is 5. The number of methoxy groups -OCH3 is 2. The molecule has 0 aromatic heterocycles. The number of carbonyl (C=O) groups is 1. The number of rotatable bonds is 6. The van der Waals surface area contributed by atoms with E-state index in [0.29, 0.717) is 24.9 Å². The van der Waals surface area contributed by atoms with Gasteiger partial charge < -0.3 is 19.5 Å². The molecular weight excluding hydrogens is 306 g/mol. The lowest BCUT2D eigenvalue weighted by atomic mass is 9.55. The van der Waals surface area contributed by atoms with E-state index < -0.39 is 0 Å². The molecule has 0 unspecified atom stereocenters. The molecule has 1 N–H and O–H groups in total. The molecule has 1 heterocycles. The molecule has 1 aliphatic heterocycles. The molecule has 0 spiro atoms. The highest BCUT2D eigenvalue weighted by atomic mass is 16.7. The van der Waals surface area contributed by atoms with E-state index in [-0.39, 0.29) is 29.7 Å². The molecule has 3 aliphatic rings. The van der Waals surface area contributed by atoms with Crippen LogP contribution in [0.4, 0.5) is 0 Å². The van der Waals surface area contributed by atoms with Gasteiger partial charge in [-0.15, -0.1) is 0 Å². The molecule has 5 atom stereocenters. The number of hydrogen-bond donors (Lipinski definition) is 1. The van der Waals surface area contributed by atoms with Gasteiger partial charge in [0.1, 0.15) is 6.10 Å². The lowest BCUT2D eigenvalue weighted by Crippen LogP contribution is -2.45. The second kappa shape index (κ2) is 7.14. The maximum atomic E-state index is 12.4. The molecule has 2 aliphatic carbocycles. The molecule has 136 valence electrons. The summed E-state index contributed by atoms with van der Waals surface area (Å²) in [6, 6.07) is 0. The van der Waals surface area contributed by atoms with Gasteiger partial charge in [-0.1, -0.05) is 19.1 Å². The van der Waals surface area contributed by atoms with E-state index in [2.05, 4.69) is 18.8 Å². The predicted molar refractivity (Wildman–Crippen MR) is 91.4 cm³/mol. The molecule has 0 aromatic carbocycles. The summed E-state index contributed by atoms with van der Waals surface area (Å²) in [6.45, 7) is 7.89. The van der Waals surface area contributed by atoms with Gasteiger partial charge in [-0.25, -0.2) is 0 Å². The van der Waals surface area contributed by atoms with Gasteiger partial charge in [-0.2, -0.15) is 0 Å². The first-order valence-electron chi connectivity index (χ1n) is 9.13. The summed E-state index contributed by atoms with van der Waals surface area (Å²) in [6.07, 6.45) is 5.40. The minimum Gasteiger partial charge on any atom is -0.462 e. The third-order valence-electron chi connectivity index (χ3n) is 6.52. The van der Waals surface area contributed by atoms with E-state index in [1.165, 1.54) is 18.4 Å². The van der Waals surface area contributed by atoms with Gasteiger partial charge in [0.2, 0.25) is 0 Å². The SMILES string of the molecule is C=C1CCC[C@]2(C)C[C@H]3OC(=O)[C@@H](CNCC(OC)OC)[C@H]3C[C@@H]12. The minimum atomic E-state index is -0.286. The van der Waals surface area contributed by atoms with Crippen molar-refractivity contribution in [3.05, 3.63) is 12.2 Å². The Kier molecular flexibility index (Phi) is 5.33. The van der Waals surface area contributed by atoms with Crippen molar-refractivity contribution in [2.75, 3.05) is 27.3 Å². The summed E-state index contributed by atoms with van der Waals surface area (Å²) in [7, 11) is 3.23. The van der Waals surface area contributed by atoms with E-state index in [1.807, 2.05) is 0 Å². The second-order valence-electron chi connectivity index (χ2n) is 7.96. The molecule has 1 saturated heterocycles. The van der Waals surface area contributed by atoms with Crippen molar-refractivity contribution in [1.29, 1.82) is 0 Å². The largest absolute Gasteiger partial charge is 0.462 e. The molecule has 0 aromatic rings. The Labute approximate surface area is 145 Å². The summed E-state index contributed by atoms with van der Waals surface area (Å²) in [5.74, 6) is 0.733. The highest BCUT2D eigenvalue weighted by Crippen LogP contribution is 2.56. The second-order valence-corrected chi connectivity index (χ2v) is 7.96. The standard InChI is InChI=1S/C19H31NO4/c1-12-6-5-7-19(2)9-16-13(8-15(12)19)14(18(21)24-16)10-20-11-17(22-3)23-4/h13-17,20H,1,5-11H2,2-4H3/t13-,14+,15+,16-,19-/m1/s1. The molecule has 0 amide bonds. The quantitative estimate of drug-likeness (QED) is 0.458. The van der Waals surface area contributed by atoms with Crippen molar-refractivity contribution in [3.8, 4) is 0 Å². The van der Waals surface area contributed by atoms with Crippen LogP contribution < -0.4 is 5.32 Å². The lowest BCUT2D eigenvalue weighted by molar-refractivity contribution is -0.146. The van der Waals surface area contributed by atoms with E-state index in [9.17, 15) is 4.79 Å². The Morgan fingerprint density at radius 1 is 1.42 bits per heavy atom. The van der Waals surface area contributed by atoms with Crippen LogP contribution in [0.5, 0.6) is 0 Å². The van der Waals surface area contributed by atoms with Crippen molar-refractivity contribution >= 4 is 5.97 Å².